The quantitative estimate of drug-likeness (QED) is 0.837. The number of hydrogen-bond acceptors (Lipinski definition) is 2. The van der Waals surface area contributed by atoms with Gasteiger partial charge in [0.05, 0.1) is 6.54 Å². The molecule has 108 valence electrons. The lowest BCUT2D eigenvalue weighted by Gasteiger charge is -2.41. The Morgan fingerprint density at radius 3 is 2.55 bits per heavy atom. The molecule has 0 aromatic heterocycles. The van der Waals surface area contributed by atoms with Crippen LogP contribution < -0.4 is 5.73 Å². The summed E-state index contributed by atoms with van der Waals surface area (Å²) in [5, 5.41) is 0. The number of nitrogens with zero attached hydrogens (tertiary/aromatic N) is 1. The Balaban J connectivity index is 2.02. The van der Waals surface area contributed by atoms with Crippen LogP contribution in [0.15, 0.2) is 24.3 Å². The zero-order chi connectivity index (χ0) is 14.5. The Labute approximate surface area is 123 Å². The van der Waals surface area contributed by atoms with E-state index in [0.717, 1.165) is 23.9 Å². The first kappa shape index (κ1) is 15.1. The van der Waals surface area contributed by atoms with Gasteiger partial charge in [-0.1, -0.05) is 37.8 Å². The molecular weight excluding hydrogens is 244 g/mol. The van der Waals surface area contributed by atoms with Crippen LogP contribution in [0, 0.1) is 23.7 Å². The molecule has 0 saturated carbocycles. The van der Waals surface area contributed by atoms with E-state index in [1.165, 1.54) is 18.5 Å². The highest BCUT2D eigenvalue weighted by Gasteiger charge is 2.28. The molecule has 0 radical (unpaired) electrons. The molecule has 3 atom stereocenters. The summed E-state index contributed by atoms with van der Waals surface area (Å²) < 4.78 is 0. The molecule has 1 heterocycles. The van der Waals surface area contributed by atoms with Gasteiger partial charge in [0.15, 0.2) is 0 Å². The van der Waals surface area contributed by atoms with Gasteiger partial charge in [-0.05, 0) is 42.9 Å². The third-order valence-corrected chi connectivity index (χ3v) is 4.39. The third kappa shape index (κ3) is 3.85. The first-order valence-electron chi connectivity index (χ1n) is 7.62. The first-order valence-corrected chi connectivity index (χ1v) is 7.62. The van der Waals surface area contributed by atoms with Gasteiger partial charge in [-0.2, -0.15) is 0 Å². The Morgan fingerprint density at radius 1 is 1.20 bits per heavy atom. The summed E-state index contributed by atoms with van der Waals surface area (Å²) in [5.74, 6) is 7.55. The molecule has 1 aromatic rings. The first-order chi connectivity index (χ1) is 9.60. The number of piperidine rings is 1. The monoisotopic (exact) mass is 270 g/mol. The van der Waals surface area contributed by atoms with Crippen molar-refractivity contribution in [1.29, 1.82) is 0 Å². The number of rotatable bonds is 2. The van der Waals surface area contributed by atoms with E-state index in [1.54, 1.807) is 0 Å². The summed E-state index contributed by atoms with van der Waals surface area (Å²) in [4.78, 5) is 2.61. The average molecular weight is 270 g/mol. The van der Waals surface area contributed by atoms with Gasteiger partial charge in [-0.25, -0.2) is 0 Å². The summed E-state index contributed by atoms with van der Waals surface area (Å²) in [6.07, 6.45) is 1.35. The van der Waals surface area contributed by atoms with Gasteiger partial charge in [0.2, 0.25) is 0 Å². The summed E-state index contributed by atoms with van der Waals surface area (Å²) >= 11 is 0. The SMILES string of the molecule is CC1CC(C)C(C)N(Cc2ccc(C#CCN)cc2)C1. The van der Waals surface area contributed by atoms with Crippen molar-refractivity contribution < 1.29 is 0 Å². The van der Waals surface area contributed by atoms with Crippen LogP contribution in [0.4, 0.5) is 0 Å². The topological polar surface area (TPSA) is 29.3 Å². The van der Waals surface area contributed by atoms with Crippen LogP contribution in [0.5, 0.6) is 0 Å². The van der Waals surface area contributed by atoms with Crippen LogP contribution in [0.3, 0.4) is 0 Å². The maximum atomic E-state index is 5.39. The molecule has 0 spiro atoms. The van der Waals surface area contributed by atoms with Crippen LogP contribution in [0.1, 0.15) is 38.3 Å². The maximum absolute atomic E-state index is 5.39. The van der Waals surface area contributed by atoms with E-state index in [0.29, 0.717) is 12.6 Å². The largest absolute Gasteiger partial charge is 0.320 e. The fourth-order valence-corrected chi connectivity index (χ4v) is 3.12. The van der Waals surface area contributed by atoms with Gasteiger partial charge >= 0.3 is 0 Å². The van der Waals surface area contributed by atoms with E-state index < -0.39 is 0 Å². The van der Waals surface area contributed by atoms with Gasteiger partial charge in [-0.15, -0.1) is 0 Å². The van der Waals surface area contributed by atoms with Gasteiger partial charge in [0, 0.05) is 24.7 Å². The van der Waals surface area contributed by atoms with Crippen molar-refractivity contribution in [3.8, 4) is 11.8 Å². The summed E-state index contributed by atoms with van der Waals surface area (Å²) in [7, 11) is 0. The van der Waals surface area contributed by atoms with E-state index in [2.05, 4.69) is 61.8 Å². The minimum absolute atomic E-state index is 0.419. The van der Waals surface area contributed by atoms with Gasteiger partial charge in [-0.3, -0.25) is 4.90 Å². The highest BCUT2D eigenvalue weighted by atomic mass is 15.2. The molecule has 1 aromatic carbocycles. The maximum Gasteiger partial charge on any atom is 0.0555 e. The van der Waals surface area contributed by atoms with Crippen molar-refractivity contribution in [3.05, 3.63) is 35.4 Å². The van der Waals surface area contributed by atoms with E-state index in [9.17, 15) is 0 Å². The van der Waals surface area contributed by atoms with E-state index in [-0.39, 0.29) is 0 Å². The van der Waals surface area contributed by atoms with Crippen LogP contribution in [0.2, 0.25) is 0 Å². The van der Waals surface area contributed by atoms with Crippen molar-refractivity contribution in [1.82, 2.24) is 4.90 Å². The molecule has 2 heteroatoms. The molecule has 1 aliphatic rings. The standard InChI is InChI=1S/C18H26N2/c1-14-11-15(2)16(3)20(12-14)13-18-8-6-17(7-9-18)5-4-10-19/h6-9,14-16H,10-13,19H2,1-3H3. The number of nitrogens with two attached hydrogens (primary N) is 1. The lowest BCUT2D eigenvalue weighted by Crippen LogP contribution is -2.45. The second-order valence-corrected chi connectivity index (χ2v) is 6.19. The predicted octanol–water partition coefficient (Wildman–Crippen LogP) is 2.86. The fraction of sp³-hybridized carbons (Fsp3) is 0.556. The van der Waals surface area contributed by atoms with E-state index in [4.69, 9.17) is 5.73 Å². The molecule has 0 aliphatic carbocycles. The molecule has 1 aliphatic heterocycles. The molecular formula is C18H26N2. The van der Waals surface area contributed by atoms with E-state index >= 15 is 0 Å². The number of likely N-dealkylation sites (tertiary alicyclic amines) is 1. The minimum Gasteiger partial charge on any atom is -0.320 e. The van der Waals surface area contributed by atoms with Crippen LogP contribution in [-0.4, -0.2) is 24.0 Å². The molecule has 0 bridgehead atoms. The zero-order valence-electron chi connectivity index (χ0n) is 12.9. The lowest BCUT2D eigenvalue weighted by molar-refractivity contribution is 0.0729. The molecule has 2 N–H and O–H groups in total. The normalized spacial score (nSPS) is 26.9. The fourth-order valence-electron chi connectivity index (χ4n) is 3.12. The second-order valence-electron chi connectivity index (χ2n) is 6.19. The molecule has 1 fully saturated rings. The summed E-state index contributed by atoms with van der Waals surface area (Å²) in [5.41, 5.74) is 7.81. The molecule has 3 unspecified atom stereocenters. The Kier molecular flexibility index (Phi) is 5.23. The Morgan fingerprint density at radius 2 is 1.90 bits per heavy atom. The zero-order valence-corrected chi connectivity index (χ0v) is 12.9. The van der Waals surface area contributed by atoms with Crippen molar-refractivity contribution in [3.63, 3.8) is 0 Å². The number of benzene rings is 1. The second kappa shape index (κ2) is 6.92. The molecule has 20 heavy (non-hydrogen) atoms. The smallest absolute Gasteiger partial charge is 0.0555 e. The summed E-state index contributed by atoms with van der Waals surface area (Å²) in [6, 6.07) is 9.25. The molecule has 0 amide bonds. The predicted molar refractivity (Wildman–Crippen MR) is 85.2 cm³/mol. The molecule has 2 nitrogen and oxygen atoms in total. The van der Waals surface area contributed by atoms with Gasteiger partial charge < -0.3 is 5.73 Å². The molecule has 1 saturated heterocycles. The molecule has 2 rings (SSSR count). The minimum atomic E-state index is 0.419. The van der Waals surface area contributed by atoms with E-state index in [1.807, 2.05) is 0 Å². The number of hydrogen-bond donors (Lipinski definition) is 1. The summed E-state index contributed by atoms with van der Waals surface area (Å²) in [6.45, 7) is 9.76. The van der Waals surface area contributed by atoms with Gasteiger partial charge in [0.25, 0.3) is 0 Å². The Hall–Kier alpha value is -1.30. The van der Waals surface area contributed by atoms with Crippen molar-refractivity contribution in [2.75, 3.05) is 13.1 Å². The lowest BCUT2D eigenvalue weighted by atomic mass is 9.86. The van der Waals surface area contributed by atoms with Crippen molar-refractivity contribution in [2.24, 2.45) is 17.6 Å². The van der Waals surface area contributed by atoms with Crippen LogP contribution >= 0.6 is 0 Å². The van der Waals surface area contributed by atoms with Crippen molar-refractivity contribution >= 4 is 0 Å². The van der Waals surface area contributed by atoms with Crippen LogP contribution in [0.25, 0.3) is 0 Å². The highest BCUT2D eigenvalue weighted by molar-refractivity contribution is 5.36. The third-order valence-electron chi connectivity index (χ3n) is 4.39. The van der Waals surface area contributed by atoms with Crippen molar-refractivity contribution in [2.45, 2.75) is 39.8 Å². The average Bonchev–Trinajstić information content (AvgIpc) is 2.43. The highest BCUT2D eigenvalue weighted by Crippen LogP contribution is 2.28. The van der Waals surface area contributed by atoms with Crippen LogP contribution in [-0.2, 0) is 6.54 Å². The Bertz CT molecular complexity index is 480. The van der Waals surface area contributed by atoms with Gasteiger partial charge in [0.1, 0.15) is 0 Å².